The van der Waals surface area contributed by atoms with E-state index in [1.165, 1.54) is 6.92 Å². The lowest BCUT2D eigenvalue weighted by atomic mass is 9.98. The Kier molecular flexibility index (Phi) is 3.40. The number of hydrogen-bond acceptors (Lipinski definition) is 4. The summed E-state index contributed by atoms with van der Waals surface area (Å²) in [4.78, 5) is 20.5. The van der Waals surface area contributed by atoms with Crippen LogP contribution >= 0.6 is 0 Å². The molecule has 0 saturated carbocycles. The molecule has 4 heteroatoms. The van der Waals surface area contributed by atoms with Crippen molar-refractivity contribution < 1.29 is 4.79 Å². The van der Waals surface area contributed by atoms with Crippen LogP contribution in [-0.2, 0) is 0 Å². The summed E-state index contributed by atoms with van der Waals surface area (Å²) in [5.41, 5.74) is 4.10. The highest BCUT2D eigenvalue weighted by atomic mass is 16.1. The van der Waals surface area contributed by atoms with Crippen molar-refractivity contribution in [2.24, 2.45) is 0 Å². The average Bonchev–Trinajstić information content (AvgIpc) is 2.53. The van der Waals surface area contributed by atoms with Crippen molar-refractivity contribution in [3.63, 3.8) is 0 Å². The molecule has 22 heavy (non-hydrogen) atoms. The van der Waals surface area contributed by atoms with Gasteiger partial charge in [-0.05, 0) is 49.7 Å². The van der Waals surface area contributed by atoms with Crippen molar-refractivity contribution in [2.45, 2.75) is 13.8 Å². The van der Waals surface area contributed by atoms with E-state index in [1.807, 2.05) is 31.2 Å². The number of carbonyl (C=O) groups excluding carboxylic acids is 1. The molecule has 0 aliphatic carbocycles. The number of carbonyl (C=O) groups is 1. The number of aromatic nitrogens is 2. The van der Waals surface area contributed by atoms with E-state index in [0.29, 0.717) is 27.7 Å². The van der Waals surface area contributed by atoms with Crippen LogP contribution in [0.1, 0.15) is 28.4 Å². The number of hydrogen-bond donors (Lipinski definition) is 0. The first-order chi connectivity index (χ1) is 10.6. The minimum Gasteiger partial charge on any atom is -0.294 e. The van der Waals surface area contributed by atoms with Gasteiger partial charge in [0.25, 0.3) is 0 Å². The number of nitriles is 1. The van der Waals surface area contributed by atoms with Crippen molar-refractivity contribution in [3.05, 3.63) is 59.4 Å². The molecule has 0 atom stereocenters. The third kappa shape index (κ3) is 2.33. The minimum absolute atomic E-state index is 0.0584. The summed E-state index contributed by atoms with van der Waals surface area (Å²) in [6, 6.07) is 11.3. The number of rotatable bonds is 2. The van der Waals surface area contributed by atoms with Gasteiger partial charge in [-0.1, -0.05) is 0 Å². The number of nitrogens with zero attached hydrogens (tertiary/aromatic N) is 3. The Bertz CT molecular complexity index is 924. The van der Waals surface area contributed by atoms with E-state index in [0.717, 1.165) is 11.1 Å². The summed E-state index contributed by atoms with van der Waals surface area (Å²) in [6.45, 7) is 3.42. The predicted octanol–water partition coefficient (Wildman–Crippen LogP) is 3.68. The largest absolute Gasteiger partial charge is 0.294 e. The molecule has 0 saturated heterocycles. The van der Waals surface area contributed by atoms with Gasteiger partial charge < -0.3 is 0 Å². The molecule has 0 aliphatic rings. The van der Waals surface area contributed by atoms with Gasteiger partial charge in [-0.25, -0.2) is 4.98 Å². The molecule has 0 radical (unpaired) electrons. The Hall–Kier alpha value is -3.06. The number of Topliss-reactive ketones (excluding diaryl/α,β-unsaturated/α-hetero) is 1. The van der Waals surface area contributed by atoms with Gasteiger partial charge in [0.05, 0.1) is 22.8 Å². The van der Waals surface area contributed by atoms with E-state index >= 15 is 0 Å². The van der Waals surface area contributed by atoms with E-state index in [4.69, 9.17) is 0 Å². The smallest absolute Gasteiger partial charge is 0.162 e. The Morgan fingerprint density at radius 3 is 2.55 bits per heavy atom. The van der Waals surface area contributed by atoms with Crippen molar-refractivity contribution in [2.75, 3.05) is 0 Å². The van der Waals surface area contributed by atoms with Gasteiger partial charge in [0.1, 0.15) is 0 Å². The predicted molar refractivity (Wildman–Crippen MR) is 84.4 cm³/mol. The Morgan fingerprint density at radius 1 is 1.18 bits per heavy atom. The Balaban J connectivity index is 2.41. The summed E-state index contributed by atoms with van der Waals surface area (Å²) < 4.78 is 0. The third-order valence-corrected chi connectivity index (χ3v) is 3.53. The second kappa shape index (κ2) is 5.38. The van der Waals surface area contributed by atoms with E-state index < -0.39 is 0 Å². The number of fused-ring (bicyclic) bond motifs is 1. The summed E-state index contributed by atoms with van der Waals surface area (Å²) in [6.07, 6.45) is 3.35. The van der Waals surface area contributed by atoms with E-state index in [1.54, 1.807) is 18.5 Å². The first kappa shape index (κ1) is 13.9. The maximum absolute atomic E-state index is 11.9. The molecule has 2 heterocycles. The van der Waals surface area contributed by atoms with Gasteiger partial charge in [0.2, 0.25) is 0 Å². The van der Waals surface area contributed by atoms with Crippen LogP contribution in [0.25, 0.3) is 22.2 Å². The number of ketones is 1. The maximum Gasteiger partial charge on any atom is 0.162 e. The molecule has 2 aromatic heterocycles. The van der Waals surface area contributed by atoms with Gasteiger partial charge in [0.15, 0.2) is 5.78 Å². The van der Waals surface area contributed by atoms with Crippen LogP contribution in [0.4, 0.5) is 0 Å². The molecule has 4 nitrogen and oxygen atoms in total. The molecule has 106 valence electrons. The number of aryl methyl sites for hydroxylation is 1. The SMILES string of the molecule is CC(=O)c1cc(C)cc2c(C#N)cc(-c3ccncc3)nc12. The number of benzene rings is 1. The molecule has 0 amide bonds. The molecule has 0 spiro atoms. The lowest BCUT2D eigenvalue weighted by molar-refractivity contribution is 0.101. The lowest BCUT2D eigenvalue weighted by Crippen LogP contribution is -1.99. The molecular formula is C18H13N3O. The highest BCUT2D eigenvalue weighted by Crippen LogP contribution is 2.27. The van der Waals surface area contributed by atoms with Crippen LogP contribution in [0.3, 0.4) is 0 Å². The molecule has 3 aromatic rings. The van der Waals surface area contributed by atoms with Gasteiger partial charge in [0, 0.05) is 28.9 Å². The number of pyridine rings is 2. The average molecular weight is 287 g/mol. The Labute approximate surface area is 128 Å². The van der Waals surface area contributed by atoms with Gasteiger partial charge in [-0.15, -0.1) is 0 Å². The molecule has 0 bridgehead atoms. The second-order valence-electron chi connectivity index (χ2n) is 5.17. The zero-order valence-corrected chi connectivity index (χ0v) is 12.3. The van der Waals surface area contributed by atoms with E-state index in [-0.39, 0.29) is 5.78 Å². The summed E-state index contributed by atoms with van der Waals surface area (Å²) in [7, 11) is 0. The lowest BCUT2D eigenvalue weighted by Gasteiger charge is -2.09. The molecule has 0 N–H and O–H groups in total. The van der Waals surface area contributed by atoms with Gasteiger partial charge in [-0.3, -0.25) is 9.78 Å². The van der Waals surface area contributed by atoms with E-state index in [9.17, 15) is 10.1 Å². The molecule has 0 unspecified atom stereocenters. The first-order valence-electron chi connectivity index (χ1n) is 6.87. The fraction of sp³-hybridized carbons (Fsp3) is 0.111. The van der Waals surface area contributed by atoms with E-state index in [2.05, 4.69) is 16.0 Å². The molecule has 0 fully saturated rings. The van der Waals surface area contributed by atoms with Crippen LogP contribution in [-0.4, -0.2) is 15.8 Å². The molecule has 0 aliphatic heterocycles. The highest BCUT2D eigenvalue weighted by Gasteiger charge is 2.14. The standard InChI is InChI=1S/C18H13N3O/c1-11-7-15(12(2)22)18-16(8-11)14(10-19)9-17(21-18)13-3-5-20-6-4-13/h3-9H,1-2H3. The van der Waals surface area contributed by atoms with Gasteiger partial charge >= 0.3 is 0 Å². The van der Waals surface area contributed by atoms with Crippen molar-refractivity contribution >= 4 is 16.7 Å². The molecular weight excluding hydrogens is 274 g/mol. The van der Waals surface area contributed by atoms with Crippen LogP contribution < -0.4 is 0 Å². The van der Waals surface area contributed by atoms with Crippen molar-refractivity contribution in [3.8, 4) is 17.3 Å². The zero-order chi connectivity index (χ0) is 15.7. The minimum atomic E-state index is -0.0584. The Morgan fingerprint density at radius 2 is 1.91 bits per heavy atom. The van der Waals surface area contributed by atoms with Gasteiger partial charge in [-0.2, -0.15) is 5.26 Å². The second-order valence-corrected chi connectivity index (χ2v) is 5.17. The fourth-order valence-electron chi connectivity index (χ4n) is 2.50. The third-order valence-electron chi connectivity index (χ3n) is 3.53. The quantitative estimate of drug-likeness (QED) is 0.674. The fourth-order valence-corrected chi connectivity index (χ4v) is 2.50. The zero-order valence-electron chi connectivity index (χ0n) is 12.3. The van der Waals surface area contributed by atoms with Crippen LogP contribution in [0, 0.1) is 18.3 Å². The van der Waals surface area contributed by atoms with Crippen molar-refractivity contribution in [1.82, 2.24) is 9.97 Å². The normalized spacial score (nSPS) is 10.4. The first-order valence-corrected chi connectivity index (χ1v) is 6.87. The maximum atomic E-state index is 11.9. The van der Waals surface area contributed by atoms with Crippen LogP contribution in [0.2, 0.25) is 0 Å². The molecule has 1 aromatic carbocycles. The summed E-state index contributed by atoms with van der Waals surface area (Å²) >= 11 is 0. The molecule has 3 rings (SSSR count). The monoisotopic (exact) mass is 287 g/mol. The highest BCUT2D eigenvalue weighted by molar-refractivity contribution is 6.07. The topological polar surface area (TPSA) is 66.6 Å². The van der Waals surface area contributed by atoms with Crippen LogP contribution in [0.15, 0.2) is 42.7 Å². The summed E-state index contributed by atoms with van der Waals surface area (Å²) in [5.74, 6) is -0.0584. The summed E-state index contributed by atoms with van der Waals surface area (Å²) in [5, 5.41) is 10.2. The van der Waals surface area contributed by atoms with Crippen LogP contribution in [0.5, 0.6) is 0 Å². The van der Waals surface area contributed by atoms with Crippen molar-refractivity contribution in [1.29, 1.82) is 5.26 Å².